The minimum atomic E-state index is -0.524. The van der Waals surface area contributed by atoms with Gasteiger partial charge < -0.3 is 0 Å². The molecule has 3 aromatic rings. The molecule has 1 atom stereocenters. The molecule has 0 bridgehead atoms. The number of amides is 2. The molecule has 2 amide bonds. The Balaban J connectivity index is 1.74. The van der Waals surface area contributed by atoms with Gasteiger partial charge in [-0.05, 0) is 36.9 Å². The van der Waals surface area contributed by atoms with E-state index in [4.69, 9.17) is 4.98 Å². The number of hydrogen-bond acceptors (Lipinski definition) is 6. The van der Waals surface area contributed by atoms with Crippen LogP contribution in [0.15, 0.2) is 47.1 Å². The Morgan fingerprint density at radius 3 is 2.55 bits per heavy atom. The highest BCUT2D eigenvalue weighted by Crippen LogP contribution is 2.37. The van der Waals surface area contributed by atoms with Crippen LogP contribution in [-0.4, -0.2) is 28.2 Å². The fourth-order valence-electron chi connectivity index (χ4n) is 3.13. The van der Waals surface area contributed by atoms with E-state index in [0.717, 1.165) is 35.2 Å². The third kappa shape index (κ3) is 3.44. The first-order chi connectivity index (χ1) is 13.9. The van der Waals surface area contributed by atoms with Crippen molar-refractivity contribution in [2.75, 3.05) is 6.54 Å². The van der Waals surface area contributed by atoms with Crippen molar-refractivity contribution < 1.29 is 9.59 Å². The lowest BCUT2D eigenvalue weighted by atomic mass is 9.95. The first-order valence-corrected chi connectivity index (χ1v) is 11.1. The standard InChI is InChI=1S/C21H16N3O2PS2/c1-3-24-20(25)15(11(2)16(10-22)21(24)26)8-14-9-17-19(28-14)23-18(29-17)12-4-6-13(27)7-5-12/h4-9H,3,27H2,1-2H3/b15-8-. The molecule has 4 rings (SSSR count). The molecular weight excluding hydrogens is 421 g/mol. The molecule has 8 heteroatoms. The Morgan fingerprint density at radius 1 is 1.21 bits per heavy atom. The summed E-state index contributed by atoms with van der Waals surface area (Å²) in [5.41, 5.74) is 1.90. The van der Waals surface area contributed by atoms with E-state index in [1.165, 1.54) is 11.3 Å². The second-order valence-electron chi connectivity index (χ2n) is 6.48. The maximum atomic E-state index is 12.7. The number of carbonyl (C=O) groups is 2. The third-order valence-electron chi connectivity index (χ3n) is 4.69. The van der Waals surface area contributed by atoms with E-state index in [9.17, 15) is 14.9 Å². The first kappa shape index (κ1) is 19.7. The molecular formula is C21H16N3O2PS2. The zero-order valence-corrected chi connectivity index (χ0v) is 18.5. The van der Waals surface area contributed by atoms with Gasteiger partial charge in [0.2, 0.25) is 0 Å². The van der Waals surface area contributed by atoms with Crippen LogP contribution < -0.4 is 5.30 Å². The number of fused-ring (bicyclic) bond motifs is 1. The lowest BCUT2D eigenvalue weighted by Gasteiger charge is -2.26. The minimum Gasteiger partial charge on any atom is -0.274 e. The number of thiophene rings is 1. The van der Waals surface area contributed by atoms with Crippen LogP contribution in [0.1, 0.15) is 18.7 Å². The number of hydrogen-bond donors (Lipinski definition) is 0. The number of likely N-dealkylation sites (N-methyl/N-ethyl adjacent to an activating group) is 1. The number of imide groups is 1. The quantitative estimate of drug-likeness (QED) is 0.351. The van der Waals surface area contributed by atoms with E-state index >= 15 is 0 Å². The minimum absolute atomic E-state index is 0.0222. The van der Waals surface area contributed by atoms with Crippen molar-refractivity contribution in [3.63, 3.8) is 0 Å². The topological polar surface area (TPSA) is 74.1 Å². The molecule has 0 N–H and O–H groups in total. The summed E-state index contributed by atoms with van der Waals surface area (Å²) < 4.78 is 1.04. The summed E-state index contributed by atoms with van der Waals surface area (Å²) in [6, 6.07) is 12.1. The van der Waals surface area contributed by atoms with Crippen LogP contribution in [0.3, 0.4) is 0 Å². The summed E-state index contributed by atoms with van der Waals surface area (Å²) >= 11 is 3.09. The highest BCUT2D eigenvalue weighted by molar-refractivity contribution is 7.29. The number of aromatic nitrogens is 1. The van der Waals surface area contributed by atoms with Crippen LogP contribution in [0.4, 0.5) is 0 Å². The van der Waals surface area contributed by atoms with Crippen molar-refractivity contribution in [2.45, 2.75) is 13.8 Å². The van der Waals surface area contributed by atoms with Gasteiger partial charge in [0.1, 0.15) is 21.5 Å². The molecule has 1 aliphatic rings. The molecule has 0 saturated heterocycles. The predicted octanol–water partition coefficient (Wildman–Crippen LogP) is 4.14. The molecule has 0 radical (unpaired) electrons. The van der Waals surface area contributed by atoms with Gasteiger partial charge in [0.05, 0.1) is 4.70 Å². The van der Waals surface area contributed by atoms with Crippen LogP contribution in [0.5, 0.6) is 0 Å². The van der Waals surface area contributed by atoms with Crippen molar-refractivity contribution in [1.82, 2.24) is 9.88 Å². The van der Waals surface area contributed by atoms with Gasteiger partial charge in [-0.3, -0.25) is 14.5 Å². The van der Waals surface area contributed by atoms with Crippen LogP contribution in [-0.2, 0) is 9.59 Å². The van der Waals surface area contributed by atoms with E-state index in [2.05, 4.69) is 9.24 Å². The molecule has 1 unspecified atom stereocenters. The zero-order valence-electron chi connectivity index (χ0n) is 15.7. The molecule has 2 aromatic heterocycles. The summed E-state index contributed by atoms with van der Waals surface area (Å²) in [4.78, 5) is 32.6. The van der Waals surface area contributed by atoms with Crippen LogP contribution >= 0.6 is 31.9 Å². The Labute approximate surface area is 178 Å². The van der Waals surface area contributed by atoms with E-state index in [1.54, 1.807) is 31.3 Å². The molecule has 1 aliphatic heterocycles. The molecule has 144 valence electrons. The molecule has 29 heavy (non-hydrogen) atoms. The molecule has 0 saturated carbocycles. The zero-order chi connectivity index (χ0) is 20.7. The summed E-state index contributed by atoms with van der Waals surface area (Å²) in [6.07, 6.45) is 1.76. The first-order valence-electron chi connectivity index (χ1n) is 8.88. The molecule has 3 heterocycles. The summed E-state index contributed by atoms with van der Waals surface area (Å²) in [5.74, 6) is -0.887. The van der Waals surface area contributed by atoms with Gasteiger partial charge in [-0.15, -0.1) is 31.9 Å². The predicted molar refractivity (Wildman–Crippen MR) is 121 cm³/mol. The van der Waals surface area contributed by atoms with Crippen LogP contribution in [0.2, 0.25) is 0 Å². The number of nitriles is 1. The monoisotopic (exact) mass is 437 g/mol. The van der Waals surface area contributed by atoms with E-state index < -0.39 is 5.91 Å². The van der Waals surface area contributed by atoms with Crippen molar-refractivity contribution in [2.24, 2.45) is 0 Å². The molecule has 0 spiro atoms. The number of nitrogens with zero attached hydrogens (tertiary/aromatic N) is 3. The normalized spacial score (nSPS) is 16.2. The van der Waals surface area contributed by atoms with Crippen molar-refractivity contribution in [3.05, 3.63) is 51.9 Å². The lowest BCUT2D eigenvalue weighted by Crippen LogP contribution is -2.42. The maximum absolute atomic E-state index is 12.7. The van der Waals surface area contributed by atoms with Gasteiger partial charge in [-0.25, -0.2) is 4.98 Å². The van der Waals surface area contributed by atoms with Gasteiger partial charge in [0.25, 0.3) is 11.8 Å². The van der Waals surface area contributed by atoms with Gasteiger partial charge in [-0.2, -0.15) is 5.26 Å². The average Bonchev–Trinajstić information content (AvgIpc) is 3.25. The SMILES string of the molecule is CCN1C(=O)C(C#N)=C(C)/C(=C/c2cc3sc(-c4ccc(P)cc4)nc3s2)C1=O. The van der Waals surface area contributed by atoms with Gasteiger partial charge in [-0.1, -0.05) is 24.3 Å². The summed E-state index contributed by atoms with van der Waals surface area (Å²) in [6.45, 7) is 3.60. The fraction of sp³-hybridized carbons (Fsp3) is 0.143. The Hall–Kier alpha value is -2.65. The van der Waals surface area contributed by atoms with Crippen molar-refractivity contribution in [1.29, 1.82) is 5.26 Å². The summed E-state index contributed by atoms with van der Waals surface area (Å²) in [5, 5.41) is 11.4. The molecule has 1 aromatic carbocycles. The number of rotatable bonds is 3. The third-order valence-corrected chi connectivity index (χ3v) is 7.24. The second-order valence-corrected chi connectivity index (χ2v) is 9.24. The van der Waals surface area contributed by atoms with Gasteiger partial charge in [0, 0.05) is 22.6 Å². The summed E-state index contributed by atoms with van der Waals surface area (Å²) in [7, 11) is 2.67. The van der Waals surface area contributed by atoms with E-state index in [1.807, 2.05) is 36.4 Å². The fourth-order valence-corrected chi connectivity index (χ4v) is 5.50. The number of thiazole rings is 1. The number of carbonyl (C=O) groups excluding carboxylic acids is 2. The molecule has 0 fully saturated rings. The highest BCUT2D eigenvalue weighted by atomic mass is 32.1. The highest BCUT2D eigenvalue weighted by Gasteiger charge is 2.34. The molecule has 0 aliphatic carbocycles. The number of benzene rings is 1. The van der Waals surface area contributed by atoms with E-state index in [0.29, 0.717) is 11.1 Å². The Morgan fingerprint density at radius 2 is 1.93 bits per heavy atom. The van der Waals surface area contributed by atoms with E-state index in [-0.39, 0.29) is 18.0 Å². The van der Waals surface area contributed by atoms with Gasteiger partial charge in [0.15, 0.2) is 0 Å². The molecule has 5 nitrogen and oxygen atoms in total. The van der Waals surface area contributed by atoms with Crippen molar-refractivity contribution in [3.8, 4) is 16.6 Å². The Bertz CT molecular complexity index is 1230. The van der Waals surface area contributed by atoms with Crippen LogP contribution in [0.25, 0.3) is 26.2 Å². The lowest BCUT2D eigenvalue weighted by molar-refractivity contribution is -0.140. The smallest absolute Gasteiger partial charge is 0.271 e. The van der Waals surface area contributed by atoms with Gasteiger partial charge >= 0.3 is 0 Å². The second kappa shape index (κ2) is 7.64. The largest absolute Gasteiger partial charge is 0.274 e. The average molecular weight is 437 g/mol. The Kier molecular flexibility index (Phi) is 5.18. The van der Waals surface area contributed by atoms with Crippen LogP contribution in [0, 0.1) is 11.3 Å². The van der Waals surface area contributed by atoms with Crippen molar-refractivity contribution >= 4 is 64.6 Å². The maximum Gasteiger partial charge on any atom is 0.271 e.